The minimum atomic E-state index is -3.52. The first-order chi connectivity index (χ1) is 16.2. The molecule has 1 saturated heterocycles. The summed E-state index contributed by atoms with van der Waals surface area (Å²) in [4.78, 5) is 9.72. The van der Waals surface area contributed by atoms with Crippen molar-refractivity contribution in [2.24, 2.45) is 0 Å². The van der Waals surface area contributed by atoms with Gasteiger partial charge in [0.05, 0.1) is 4.90 Å². The quantitative estimate of drug-likeness (QED) is 0.511. The van der Waals surface area contributed by atoms with Crippen LogP contribution in [0, 0.1) is 27.7 Å². The van der Waals surface area contributed by atoms with Crippen LogP contribution >= 0.6 is 11.5 Å². The maximum Gasteiger partial charge on any atom is 0.241 e. The maximum atomic E-state index is 12.9. The van der Waals surface area contributed by atoms with Gasteiger partial charge in [-0.25, -0.2) is 18.1 Å². The van der Waals surface area contributed by atoms with Crippen molar-refractivity contribution in [1.29, 1.82) is 0 Å². The number of benzene rings is 2. The smallest absolute Gasteiger partial charge is 0.241 e. The van der Waals surface area contributed by atoms with Crippen LogP contribution in [0.2, 0.25) is 0 Å². The Balaban J connectivity index is 1.25. The summed E-state index contributed by atoms with van der Waals surface area (Å²) >= 11 is 1.46. The van der Waals surface area contributed by atoms with E-state index in [0.717, 1.165) is 60.2 Å². The molecule has 2 aromatic carbocycles. The van der Waals surface area contributed by atoms with Crippen LogP contribution in [0.5, 0.6) is 0 Å². The molecule has 0 unspecified atom stereocenters. The van der Waals surface area contributed by atoms with Crippen LogP contribution in [-0.2, 0) is 16.4 Å². The second kappa shape index (κ2) is 10.5. The molecule has 9 heteroatoms. The highest BCUT2D eigenvalue weighted by Crippen LogP contribution is 2.22. The second-order valence-electron chi connectivity index (χ2n) is 9.11. The number of aromatic nitrogens is 2. The van der Waals surface area contributed by atoms with Crippen LogP contribution in [0.15, 0.2) is 41.3 Å². The van der Waals surface area contributed by atoms with Crippen LogP contribution in [0.25, 0.3) is 0 Å². The van der Waals surface area contributed by atoms with Gasteiger partial charge < -0.3 is 4.90 Å². The molecule has 3 aromatic rings. The van der Waals surface area contributed by atoms with Crippen molar-refractivity contribution in [1.82, 2.24) is 19.0 Å². The average molecular weight is 500 g/mol. The predicted molar refractivity (Wildman–Crippen MR) is 138 cm³/mol. The summed E-state index contributed by atoms with van der Waals surface area (Å²) in [5, 5.41) is 0.966. The highest BCUT2D eigenvalue weighted by molar-refractivity contribution is 7.89. The maximum absolute atomic E-state index is 12.9. The number of piperazine rings is 1. The van der Waals surface area contributed by atoms with E-state index >= 15 is 0 Å². The summed E-state index contributed by atoms with van der Waals surface area (Å²) in [7, 11) is -3.52. The average Bonchev–Trinajstić information content (AvgIpc) is 3.23. The summed E-state index contributed by atoms with van der Waals surface area (Å²) in [6, 6.07) is 12.3. The van der Waals surface area contributed by atoms with Crippen molar-refractivity contribution in [3.8, 4) is 0 Å². The molecule has 1 aliphatic heterocycles. The SMILES string of the molecule is Cc1ccc(Cc2nsc(N3CCN(CCNS(=O)(=O)c4c(C)cc(C)cc4C)CC3)n2)cc1. The second-order valence-corrected chi connectivity index (χ2v) is 11.5. The van der Waals surface area contributed by atoms with Gasteiger partial charge in [-0.3, -0.25) is 4.90 Å². The van der Waals surface area contributed by atoms with E-state index in [2.05, 4.69) is 50.1 Å². The van der Waals surface area contributed by atoms with Crippen LogP contribution in [-0.4, -0.2) is 61.9 Å². The lowest BCUT2D eigenvalue weighted by atomic mass is 10.1. The highest BCUT2D eigenvalue weighted by Gasteiger charge is 2.22. The van der Waals surface area contributed by atoms with Gasteiger partial charge in [-0.15, -0.1) is 0 Å². The summed E-state index contributed by atoms with van der Waals surface area (Å²) in [5.74, 6) is 0.863. The Morgan fingerprint density at radius 2 is 1.59 bits per heavy atom. The third-order valence-corrected chi connectivity index (χ3v) is 8.76. The van der Waals surface area contributed by atoms with Gasteiger partial charge in [0.2, 0.25) is 15.2 Å². The molecule has 0 aliphatic carbocycles. The van der Waals surface area contributed by atoms with Gasteiger partial charge in [-0.1, -0.05) is 47.5 Å². The molecular formula is C25H33N5O2S2. The zero-order chi connectivity index (χ0) is 24.3. The molecule has 1 aliphatic rings. The molecule has 7 nitrogen and oxygen atoms in total. The fourth-order valence-corrected chi connectivity index (χ4v) is 6.70. The molecule has 0 amide bonds. The standard InChI is InChI=1S/C25H33N5O2S2/c1-18-5-7-22(8-6-18)17-23-27-25(33-28-23)30-13-11-29(12-14-30)10-9-26-34(31,32)24-20(3)15-19(2)16-21(24)4/h5-8,15-16,26H,9-14,17H2,1-4H3. The number of nitrogens with zero attached hydrogens (tertiary/aromatic N) is 4. The molecule has 0 saturated carbocycles. The molecule has 182 valence electrons. The van der Waals surface area contributed by atoms with Crippen LogP contribution < -0.4 is 9.62 Å². The number of sulfonamides is 1. The number of aryl methyl sites for hydroxylation is 4. The predicted octanol–water partition coefficient (Wildman–Crippen LogP) is 3.46. The third kappa shape index (κ3) is 6.02. The van der Waals surface area contributed by atoms with Gasteiger partial charge in [0.15, 0.2) is 0 Å². The van der Waals surface area contributed by atoms with Gasteiger partial charge in [-0.05, 0) is 44.4 Å². The molecule has 0 bridgehead atoms. The van der Waals surface area contributed by atoms with E-state index in [1.807, 2.05) is 32.9 Å². The van der Waals surface area contributed by atoms with Crippen molar-refractivity contribution in [3.63, 3.8) is 0 Å². The molecule has 0 radical (unpaired) electrons. The number of nitrogens with one attached hydrogen (secondary N) is 1. The summed E-state index contributed by atoms with van der Waals surface area (Å²) in [6.07, 6.45) is 0.747. The monoisotopic (exact) mass is 499 g/mol. The molecule has 34 heavy (non-hydrogen) atoms. The Morgan fingerprint density at radius 3 is 2.24 bits per heavy atom. The van der Waals surface area contributed by atoms with E-state index < -0.39 is 10.0 Å². The van der Waals surface area contributed by atoms with Gasteiger partial charge in [0, 0.05) is 57.2 Å². The summed E-state index contributed by atoms with van der Waals surface area (Å²) in [5.41, 5.74) is 5.12. The van der Waals surface area contributed by atoms with Crippen molar-refractivity contribution in [2.75, 3.05) is 44.2 Å². The van der Waals surface area contributed by atoms with E-state index in [1.165, 1.54) is 22.7 Å². The molecule has 4 rings (SSSR count). The number of anilines is 1. The van der Waals surface area contributed by atoms with Crippen molar-refractivity contribution < 1.29 is 8.42 Å². The summed E-state index contributed by atoms with van der Waals surface area (Å²) in [6.45, 7) is 12.3. The molecule has 2 heterocycles. The number of hydrogen-bond donors (Lipinski definition) is 1. The molecule has 0 spiro atoms. The molecular weight excluding hydrogens is 466 g/mol. The van der Waals surface area contributed by atoms with Crippen molar-refractivity contribution in [3.05, 3.63) is 70.0 Å². The minimum Gasteiger partial charge on any atom is -0.344 e. The summed E-state index contributed by atoms with van der Waals surface area (Å²) < 4.78 is 33.1. The molecule has 1 fully saturated rings. The number of hydrogen-bond acceptors (Lipinski definition) is 7. The third-order valence-electron chi connectivity index (χ3n) is 6.18. The van der Waals surface area contributed by atoms with Gasteiger partial charge >= 0.3 is 0 Å². The van der Waals surface area contributed by atoms with Gasteiger partial charge in [-0.2, -0.15) is 4.37 Å². The lowest BCUT2D eigenvalue weighted by Crippen LogP contribution is -2.48. The Bertz CT molecular complexity index is 1210. The van der Waals surface area contributed by atoms with Gasteiger partial charge in [0.25, 0.3) is 0 Å². The fraction of sp³-hybridized carbons (Fsp3) is 0.440. The largest absolute Gasteiger partial charge is 0.344 e. The zero-order valence-electron chi connectivity index (χ0n) is 20.3. The van der Waals surface area contributed by atoms with E-state index in [-0.39, 0.29) is 0 Å². The van der Waals surface area contributed by atoms with E-state index in [4.69, 9.17) is 4.98 Å². The Labute approximate surface area is 207 Å². The first-order valence-corrected chi connectivity index (χ1v) is 13.9. The lowest BCUT2D eigenvalue weighted by Gasteiger charge is -2.34. The topological polar surface area (TPSA) is 78.4 Å². The van der Waals surface area contributed by atoms with Crippen molar-refractivity contribution >= 4 is 26.7 Å². The van der Waals surface area contributed by atoms with Crippen LogP contribution in [0.1, 0.15) is 33.6 Å². The van der Waals surface area contributed by atoms with E-state index in [0.29, 0.717) is 18.0 Å². The zero-order valence-corrected chi connectivity index (χ0v) is 22.0. The molecule has 1 N–H and O–H groups in total. The van der Waals surface area contributed by atoms with Crippen LogP contribution in [0.3, 0.4) is 0 Å². The fourth-order valence-electron chi connectivity index (χ4n) is 4.50. The van der Waals surface area contributed by atoms with E-state index in [9.17, 15) is 8.42 Å². The first-order valence-electron chi connectivity index (χ1n) is 11.6. The minimum absolute atomic E-state index is 0.397. The Morgan fingerprint density at radius 1 is 0.941 bits per heavy atom. The van der Waals surface area contributed by atoms with Gasteiger partial charge in [0.1, 0.15) is 5.82 Å². The van der Waals surface area contributed by atoms with Crippen molar-refractivity contribution in [2.45, 2.75) is 39.0 Å². The molecule has 1 aromatic heterocycles. The van der Waals surface area contributed by atoms with E-state index in [1.54, 1.807) is 0 Å². The lowest BCUT2D eigenvalue weighted by molar-refractivity contribution is 0.262. The molecule has 0 atom stereocenters. The Hall–Kier alpha value is -2.33. The van der Waals surface area contributed by atoms with Crippen LogP contribution in [0.4, 0.5) is 5.13 Å². The first kappa shape index (κ1) is 24.8. The number of rotatable bonds is 8. The normalized spacial score (nSPS) is 15.1. The Kier molecular flexibility index (Phi) is 7.67. The highest BCUT2D eigenvalue weighted by atomic mass is 32.2.